The van der Waals surface area contributed by atoms with E-state index in [-0.39, 0.29) is 11.9 Å². The summed E-state index contributed by atoms with van der Waals surface area (Å²) in [5, 5.41) is 3.17. The minimum atomic E-state index is -0.594. The Labute approximate surface area is 116 Å². The minimum Gasteiger partial charge on any atom is -0.310 e. The van der Waals surface area contributed by atoms with Gasteiger partial charge in [-0.05, 0) is 36.7 Å². The van der Waals surface area contributed by atoms with Crippen LogP contribution < -0.4 is 5.32 Å². The van der Waals surface area contributed by atoms with Crippen molar-refractivity contribution < 1.29 is 13.2 Å². The third-order valence-corrected chi connectivity index (χ3v) is 3.14. The number of hydrogen-bond acceptors (Lipinski definition) is 1. The van der Waals surface area contributed by atoms with Crippen molar-refractivity contribution in [2.24, 2.45) is 0 Å². The first-order valence-corrected chi connectivity index (χ1v) is 6.53. The van der Waals surface area contributed by atoms with E-state index in [0.717, 1.165) is 11.6 Å². The van der Waals surface area contributed by atoms with Crippen molar-refractivity contribution in [3.8, 4) is 0 Å². The summed E-state index contributed by atoms with van der Waals surface area (Å²) in [6, 6.07) is 9.38. The molecule has 1 unspecified atom stereocenters. The van der Waals surface area contributed by atoms with Crippen LogP contribution in [0.25, 0.3) is 0 Å². The Kier molecular flexibility index (Phi) is 4.79. The van der Waals surface area contributed by atoms with Crippen LogP contribution in [0.1, 0.15) is 24.1 Å². The van der Waals surface area contributed by atoms with Gasteiger partial charge in [0.25, 0.3) is 0 Å². The maximum atomic E-state index is 13.9. The Hall–Kier alpha value is -1.81. The van der Waals surface area contributed by atoms with Gasteiger partial charge in [0.2, 0.25) is 0 Å². The number of likely N-dealkylation sites (N-methyl/N-ethyl adjacent to an activating group) is 1. The topological polar surface area (TPSA) is 12.0 Å². The molecule has 0 saturated heterocycles. The summed E-state index contributed by atoms with van der Waals surface area (Å²) in [5.41, 5.74) is 1.30. The van der Waals surface area contributed by atoms with Gasteiger partial charge in [0.05, 0.1) is 0 Å². The van der Waals surface area contributed by atoms with Crippen LogP contribution in [0.5, 0.6) is 0 Å². The van der Waals surface area contributed by atoms with Crippen LogP contribution in [-0.2, 0) is 6.42 Å². The number of benzene rings is 2. The first kappa shape index (κ1) is 14.6. The normalized spacial score (nSPS) is 12.4. The molecule has 2 rings (SSSR count). The number of rotatable bonds is 5. The molecule has 0 aliphatic rings. The van der Waals surface area contributed by atoms with Gasteiger partial charge >= 0.3 is 0 Å². The molecular weight excluding hydrogens is 263 g/mol. The highest BCUT2D eigenvalue weighted by molar-refractivity contribution is 5.26. The second-order valence-corrected chi connectivity index (χ2v) is 4.61. The molecule has 0 fully saturated rings. The van der Waals surface area contributed by atoms with Crippen LogP contribution in [0.3, 0.4) is 0 Å². The van der Waals surface area contributed by atoms with Crippen molar-refractivity contribution >= 4 is 0 Å². The van der Waals surface area contributed by atoms with E-state index in [9.17, 15) is 13.2 Å². The van der Waals surface area contributed by atoms with E-state index in [1.54, 1.807) is 12.1 Å². The molecular formula is C16H16F3N. The predicted molar refractivity (Wildman–Crippen MR) is 72.9 cm³/mol. The molecule has 4 heteroatoms. The Morgan fingerprint density at radius 2 is 1.60 bits per heavy atom. The molecule has 0 aromatic heterocycles. The van der Waals surface area contributed by atoms with Gasteiger partial charge in [-0.1, -0.05) is 25.1 Å². The number of halogens is 3. The van der Waals surface area contributed by atoms with Crippen molar-refractivity contribution in [1.29, 1.82) is 0 Å². The second-order valence-electron chi connectivity index (χ2n) is 4.61. The largest absolute Gasteiger partial charge is 0.310 e. The highest BCUT2D eigenvalue weighted by atomic mass is 19.1. The van der Waals surface area contributed by atoms with Gasteiger partial charge in [-0.25, -0.2) is 13.2 Å². The summed E-state index contributed by atoms with van der Waals surface area (Å²) in [7, 11) is 0. The highest BCUT2D eigenvalue weighted by Gasteiger charge is 2.16. The molecule has 0 radical (unpaired) electrons. The average molecular weight is 279 g/mol. The lowest BCUT2D eigenvalue weighted by Gasteiger charge is -2.19. The van der Waals surface area contributed by atoms with E-state index in [4.69, 9.17) is 0 Å². The van der Waals surface area contributed by atoms with Gasteiger partial charge in [-0.3, -0.25) is 0 Å². The Balaban J connectivity index is 2.24. The fraction of sp³-hybridized carbons (Fsp3) is 0.250. The van der Waals surface area contributed by atoms with Crippen molar-refractivity contribution in [3.05, 3.63) is 71.0 Å². The summed E-state index contributed by atoms with van der Waals surface area (Å²) < 4.78 is 39.7. The molecule has 20 heavy (non-hydrogen) atoms. The molecule has 0 spiro atoms. The molecule has 2 aromatic carbocycles. The first-order valence-electron chi connectivity index (χ1n) is 6.53. The summed E-state index contributed by atoms with van der Waals surface area (Å²) in [5.74, 6) is -1.47. The molecule has 0 aliphatic heterocycles. The molecule has 0 aliphatic carbocycles. The van der Waals surface area contributed by atoms with Gasteiger partial charge in [0.15, 0.2) is 0 Å². The fourth-order valence-corrected chi connectivity index (χ4v) is 2.18. The van der Waals surface area contributed by atoms with E-state index < -0.39 is 11.6 Å². The Bertz CT molecular complexity index is 566. The summed E-state index contributed by atoms with van der Waals surface area (Å²) in [6.07, 6.45) is 0.511. The molecule has 1 atom stereocenters. The van der Waals surface area contributed by atoms with E-state index >= 15 is 0 Å². The van der Waals surface area contributed by atoms with Crippen molar-refractivity contribution in [2.75, 3.05) is 6.54 Å². The molecule has 0 heterocycles. The lowest BCUT2D eigenvalue weighted by molar-refractivity contribution is 0.501. The summed E-state index contributed by atoms with van der Waals surface area (Å²) in [6.45, 7) is 2.57. The van der Waals surface area contributed by atoms with Gasteiger partial charge in [0.1, 0.15) is 17.5 Å². The number of nitrogens with one attached hydrogen (secondary N) is 1. The molecule has 2 aromatic rings. The van der Waals surface area contributed by atoms with Crippen molar-refractivity contribution in [1.82, 2.24) is 5.32 Å². The average Bonchev–Trinajstić information content (AvgIpc) is 2.41. The van der Waals surface area contributed by atoms with Crippen molar-refractivity contribution in [3.63, 3.8) is 0 Å². The third-order valence-electron chi connectivity index (χ3n) is 3.14. The minimum absolute atomic E-state index is 0.272. The smallest absolute Gasteiger partial charge is 0.130 e. The van der Waals surface area contributed by atoms with Gasteiger partial charge in [-0.15, -0.1) is 0 Å². The monoisotopic (exact) mass is 279 g/mol. The standard InChI is InChI=1S/C16H16F3N/c1-2-20-16(9-11-3-5-12(17)6-4-11)14-8-7-13(18)10-15(14)19/h3-8,10,16,20H,2,9H2,1H3. The Morgan fingerprint density at radius 3 is 2.20 bits per heavy atom. The maximum Gasteiger partial charge on any atom is 0.130 e. The Morgan fingerprint density at radius 1 is 0.950 bits per heavy atom. The zero-order chi connectivity index (χ0) is 14.5. The van der Waals surface area contributed by atoms with Gasteiger partial charge in [-0.2, -0.15) is 0 Å². The maximum absolute atomic E-state index is 13.9. The second kappa shape index (κ2) is 6.57. The lowest BCUT2D eigenvalue weighted by Crippen LogP contribution is -2.24. The fourth-order valence-electron chi connectivity index (χ4n) is 2.18. The molecule has 0 saturated carbocycles. The molecule has 0 amide bonds. The summed E-state index contributed by atoms with van der Waals surface area (Å²) in [4.78, 5) is 0. The highest BCUT2D eigenvalue weighted by Crippen LogP contribution is 2.22. The van der Waals surface area contributed by atoms with Crippen LogP contribution in [0.15, 0.2) is 42.5 Å². The van der Waals surface area contributed by atoms with Crippen LogP contribution >= 0.6 is 0 Å². The lowest BCUT2D eigenvalue weighted by atomic mass is 9.98. The molecule has 0 bridgehead atoms. The SMILES string of the molecule is CCNC(Cc1ccc(F)cc1)c1ccc(F)cc1F. The van der Waals surface area contributed by atoms with E-state index in [0.29, 0.717) is 18.5 Å². The van der Waals surface area contributed by atoms with Crippen LogP contribution in [0.2, 0.25) is 0 Å². The molecule has 1 nitrogen and oxygen atoms in total. The predicted octanol–water partition coefficient (Wildman–Crippen LogP) is 4.00. The molecule has 106 valence electrons. The van der Waals surface area contributed by atoms with Gasteiger partial charge < -0.3 is 5.32 Å². The van der Waals surface area contributed by atoms with Crippen molar-refractivity contribution in [2.45, 2.75) is 19.4 Å². The van der Waals surface area contributed by atoms with E-state index in [1.807, 2.05) is 6.92 Å². The van der Waals surface area contributed by atoms with E-state index in [2.05, 4.69) is 5.32 Å². The van der Waals surface area contributed by atoms with Crippen LogP contribution in [-0.4, -0.2) is 6.54 Å². The molecule has 1 N–H and O–H groups in total. The number of hydrogen-bond donors (Lipinski definition) is 1. The first-order chi connectivity index (χ1) is 9.60. The zero-order valence-electron chi connectivity index (χ0n) is 11.2. The van der Waals surface area contributed by atoms with Crippen LogP contribution in [0, 0.1) is 17.5 Å². The zero-order valence-corrected chi connectivity index (χ0v) is 11.2. The third kappa shape index (κ3) is 3.61. The van der Waals surface area contributed by atoms with Crippen LogP contribution in [0.4, 0.5) is 13.2 Å². The summed E-state index contributed by atoms with van der Waals surface area (Å²) >= 11 is 0. The van der Waals surface area contributed by atoms with E-state index in [1.165, 1.54) is 24.3 Å². The van der Waals surface area contributed by atoms with Gasteiger partial charge in [0, 0.05) is 17.7 Å². The quantitative estimate of drug-likeness (QED) is 0.872.